The van der Waals surface area contributed by atoms with Gasteiger partial charge < -0.3 is 10.3 Å². The molecule has 30 heavy (non-hydrogen) atoms. The summed E-state index contributed by atoms with van der Waals surface area (Å²) in [6, 6.07) is 11.8. The summed E-state index contributed by atoms with van der Waals surface area (Å²) in [7, 11) is 0. The second-order valence-corrected chi connectivity index (χ2v) is 7.97. The van der Waals surface area contributed by atoms with Gasteiger partial charge in [0, 0.05) is 34.6 Å². The van der Waals surface area contributed by atoms with Gasteiger partial charge in [-0.25, -0.2) is 9.97 Å². The maximum Gasteiger partial charge on any atom is 0.257 e. The lowest BCUT2D eigenvalue weighted by Crippen LogP contribution is -2.36. The SMILES string of the molecule is NSc1ccc(-c2nc(C3(c4ccc(-c5cnc(N)nc5)nc4)CCC3)no2)cc1. The summed E-state index contributed by atoms with van der Waals surface area (Å²) in [5.74, 6) is 1.45. The van der Waals surface area contributed by atoms with Crippen molar-refractivity contribution in [1.82, 2.24) is 25.1 Å². The average molecular weight is 417 g/mol. The summed E-state index contributed by atoms with van der Waals surface area (Å²) >= 11 is 1.20. The van der Waals surface area contributed by atoms with Crippen molar-refractivity contribution in [2.75, 3.05) is 5.73 Å². The van der Waals surface area contributed by atoms with Gasteiger partial charge in [0.15, 0.2) is 5.82 Å². The third-order valence-electron chi connectivity index (χ3n) is 5.58. The van der Waals surface area contributed by atoms with E-state index >= 15 is 0 Å². The molecule has 150 valence electrons. The van der Waals surface area contributed by atoms with E-state index in [1.165, 1.54) is 11.9 Å². The first-order valence-electron chi connectivity index (χ1n) is 9.54. The first-order chi connectivity index (χ1) is 14.7. The summed E-state index contributed by atoms with van der Waals surface area (Å²) in [4.78, 5) is 18.4. The summed E-state index contributed by atoms with van der Waals surface area (Å²) in [5, 5.41) is 9.91. The highest BCUT2D eigenvalue weighted by molar-refractivity contribution is 7.97. The van der Waals surface area contributed by atoms with Crippen LogP contribution in [-0.4, -0.2) is 25.1 Å². The number of benzene rings is 1. The van der Waals surface area contributed by atoms with Gasteiger partial charge in [0.05, 0.1) is 11.1 Å². The molecule has 4 N–H and O–H groups in total. The average Bonchev–Trinajstić information content (AvgIpc) is 3.24. The van der Waals surface area contributed by atoms with Gasteiger partial charge in [-0.3, -0.25) is 10.1 Å². The monoisotopic (exact) mass is 417 g/mol. The molecule has 4 aromatic rings. The van der Waals surface area contributed by atoms with Gasteiger partial charge in [0.25, 0.3) is 5.89 Å². The van der Waals surface area contributed by atoms with Crippen molar-refractivity contribution in [2.24, 2.45) is 5.14 Å². The van der Waals surface area contributed by atoms with Gasteiger partial charge in [-0.2, -0.15) is 4.98 Å². The van der Waals surface area contributed by atoms with Crippen molar-refractivity contribution in [3.8, 4) is 22.7 Å². The minimum Gasteiger partial charge on any atom is -0.368 e. The Labute approximate surface area is 177 Å². The lowest BCUT2D eigenvalue weighted by Gasteiger charge is -2.39. The van der Waals surface area contributed by atoms with E-state index in [0.717, 1.165) is 46.5 Å². The molecule has 0 spiro atoms. The summed E-state index contributed by atoms with van der Waals surface area (Å²) in [6.45, 7) is 0. The van der Waals surface area contributed by atoms with Crippen molar-refractivity contribution in [3.05, 3.63) is 66.4 Å². The van der Waals surface area contributed by atoms with E-state index < -0.39 is 0 Å². The van der Waals surface area contributed by atoms with Crippen molar-refractivity contribution < 1.29 is 4.52 Å². The van der Waals surface area contributed by atoms with Gasteiger partial charge in [0.2, 0.25) is 5.95 Å². The molecule has 0 bridgehead atoms. The van der Waals surface area contributed by atoms with Crippen molar-refractivity contribution >= 4 is 17.9 Å². The molecule has 1 aliphatic carbocycles. The number of nitrogens with zero attached hydrogens (tertiary/aromatic N) is 5. The number of pyridine rings is 1. The molecule has 8 nitrogen and oxygen atoms in total. The molecule has 3 aromatic heterocycles. The smallest absolute Gasteiger partial charge is 0.257 e. The van der Waals surface area contributed by atoms with Crippen LogP contribution >= 0.6 is 11.9 Å². The molecule has 1 saturated carbocycles. The summed E-state index contributed by atoms with van der Waals surface area (Å²) < 4.78 is 5.58. The zero-order chi connectivity index (χ0) is 20.6. The highest BCUT2D eigenvalue weighted by atomic mass is 32.2. The van der Waals surface area contributed by atoms with Crippen LogP contribution < -0.4 is 10.9 Å². The van der Waals surface area contributed by atoms with E-state index in [-0.39, 0.29) is 11.4 Å². The molecule has 1 fully saturated rings. The number of hydrogen-bond donors (Lipinski definition) is 2. The second-order valence-electron chi connectivity index (χ2n) is 7.26. The van der Waals surface area contributed by atoms with Gasteiger partial charge in [-0.1, -0.05) is 17.6 Å². The molecule has 5 rings (SSSR count). The fraction of sp³-hybridized carbons (Fsp3) is 0.190. The standard InChI is InChI=1S/C21H19N7OS/c22-20-25-10-14(11-26-20)17-7-4-15(12-24-17)21(8-1-9-21)19-27-18(29-28-19)13-2-5-16(30-23)6-3-13/h2-7,10-12H,1,8-9,23H2,(H2,22,25,26). The van der Waals surface area contributed by atoms with Gasteiger partial charge in [-0.15, -0.1) is 0 Å². The Morgan fingerprint density at radius 2 is 1.67 bits per heavy atom. The van der Waals surface area contributed by atoms with E-state index in [2.05, 4.69) is 26.2 Å². The highest BCUT2D eigenvalue weighted by Gasteiger charge is 2.44. The Balaban J connectivity index is 1.44. The van der Waals surface area contributed by atoms with Crippen LogP contribution in [-0.2, 0) is 5.41 Å². The normalized spacial score (nSPS) is 15.0. The fourth-order valence-electron chi connectivity index (χ4n) is 3.70. The van der Waals surface area contributed by atoms with E-state index in [1.807, 2.05) is 36.5 Å². The first-order valence-corrected chi connectivity index (χ1v) is 10.4. The van der Waals surface area contributed by atoms with E-state index in [0.29, 0.717) is 11.7 Å². The molecule has 1 aliphatic rings. The molecule has 1 aromatic carbocycles. The molecule has 0 amide bonds. The van der Waals surface area contributed by atoms with Crippen molar-refractivity contribution in [3.63, 3.8) is 0 Å². The van der Waals surface area contributed by atoms with Crippen molar-refractivity contribution in [1.29, 1.82) is 0 Å². The minimum absolute atomic E-state index is 0.244. The van der Waals surface area contributed by atoms with Gasteiger partial charge >= 0.3 is 0 Å². The van der Waals surface area contributed by atoms with E-state index in [1.54, 1.807) is 12.4 Å². The number of rotatable bonds is 5. The second kappa shape index (κ2) is 7.51. The quantitative estimate of drug-likeness (QED) is 0.468. The molecular weight excluding hydrogens is 398 g/mol. The van der Waals surface area contributed by atoms with Crippen LogP contribution in [0.1, 0.15) is 30.7 Å². The molecule has 0 unspecified atom stereocenters. The molecule has 0 aliphatic heterocycles. The maximum atomic E-state index is 5.59. The van der Waals surface area contributed by atoms with Crippen LogP contribution in [0.5, 0.6) is 0 Å². The molecule has 3 heterocycles. The Bertz CT molecular complexity index is 1150. The number of nitrogen functional groups attached to an aromatic ring is 1. The zero-order valence-electron chi connectivity index (χ0n) is 16.0. The Hall–Kier alpha value is -3.30. The third-order valence-corrected chi connectivity index (χ3v) is 6.13. The fourth-order valence-corrected chi connectivity index (χ4v) is 3.99. The predicted molar refractivity (Wildman–Crippen MR) is 114 cm³/mol. The first kappa shape index (κ1) is 18.7. The van der Waals surface area contributed by atoms with Crippen LogP contribution in [0, 0.1) is 0 Å². The van der Waals surface area contributed by atoms with Crippen LogP contribution in [0.2, 0.25) is 0 Å². The lowest BCUT2D eigenvalue weighted by molar-refractivity contribution is 0.272. The highest BCUT2D eigenvalue weighted by Crippen LogP contribution is 2.48. The van der Waals surface area contributed by atoms with E-state index in [9.17, 15) is 0 Å². The Morgan fingerprint density at radius 1 is 0.900 bits per heavy atom. The number of anilines is 1. The molecule has 0 radical (unpaired) electrons. The summed E-state index contributed by atoms with van der Waals surface area (Å²) in [6.07, 6.45) is 8.25. The topological polar surface area (TPSA) is 130 Å². The van der Waals surface area contributed by atoms with Crippen LogP contribution in [0.15, 0.2) is 64.4 Å². The molecular formula is C21H19N7OS. The Morgan fingerprint density at radius 3 is 2.27 bits per heavy atom. The van der Waals surface area contributed by atoms with Gasteiger partial charge in [-0.05, 0) is 60.7 Å². The van der Waals surface area contributed by atoms with Crippen molar-refractivity contribution in [2.45, 2.75) is 29.6 Å². The molecule has 9 heteroatoms. The minimum atomic E-state index is -0.266. The predicted octanol–water partition coefficient (Wildman–Crippen LogP) is 3.61. The van der Waals surface area contributed by atoms with E-state index in [4.69, 9.17) is 20.4 Å². The molecule has 0 saturated heterocycles. The van der Waals surface area contributed by atoms with Gasteiger partial charge in [0.1, 0.15) is 0 Å². The summed E-state index contributed by atoms with van der Waals surface area (Å²) in [5.41, 5.74) is 8.86. The number of hydrogen-bond acceptors (Lipinski definition) is 9. The number of aromatic nitrogens is 5. The third kappa shape index (κ3) is 3.21. The van der Waals surface area contributed by atoms with Crippen LogP contribution in [0.3, 0.4) is 0 Å². The number of nitrogens with two attached hydrogens (primary N) is 2. The maximum absolute atomic E-state index is 5.59. The zero-order valence-corrected chi connectivity index (χ0v) is 16.8. The Kier molecular flexibility index (Phi) is 4.68. The van der Waals surface area contributed by atoms with Crippen LogP contribution in [0.4, 0.5) is 5.95 Å². The molecule has 0 atom stereocenters. The lowest BCUT2D eigenvalue weighted by atomic mass is 9.64. The van der Waals surface area contributed by atoms with Crippen LogP contribution in [0.25, 0.3) is 22.7 Å². The largest absolute Gasteiger partial charge is 0.368 e.